The van der Waals surface area contributed by atoms with E-state index in [1.165, 1.54) is 0 Å². The molecule has 1 heterocycles. The fourth-order valence-corrected chi connectivity index (χ4v) is 6.22. The molecule has 40 heavy (non-hydrogen) atoms. The van der Waals surface area contributed by atoms with Gasteiger partial charge in [-0.1, -0.05) is 30.3 Å². The lowest BCUT2D eigenvalue weighted by atomic mass is 9.72. The van der Waals surface area contributed by atoms with Crippen molar-refractivity contribution in [2.24, 2.45) is 10.9 Å². The molecule has 0 radical (unpaired) electrons. The number of carbonyl (C=O) groups is 2. The fourth-order valence-electron chi connectivity index (χ4n) is 6.22. The van der Waals surface area contributed by atoms with Gasteiger partial charge in [0.15, 0.2) is 11.5 Å². The molecule has 3 atom stereocenters. The van der Waals surface area contributed by atoms with Gasteiger partial charge in [-0.05, 0) is 73.7 Å². The lowest BCUT2D eigenvalue weighted by Crippen LogP contribution is -2.45. The quantitative estimate of drug-likeness (QED) is 0.343. The number of ketones is 1. The molecule has 7 heteroatoms. The van der Waals surface area contributed by atoms with Crippen LogP contribution in [0, 0.1) is 5.92 Å². The van der Waals surface area contributed by atoms with Crippen molar-refractivity contribution in [2.45, 2.75) is 45.6 Å². The van der Waals surface area contributed by atoms with Gasteiger partial charge in [-0.2, -0.15) is 0 Å². The normalized spacial score (nSPS) is 20.1. The zero-order chi connectivity index (χ0) is 28.4. The Morgan fingerprint density at radius 2 is 1.60 bits per heavy atom. The molecule has 0 spiro atoms. The van der Waals surface area contributed by atoms with Gasteiger partial charge in [0, 0.05) is 37.8 Å². The summed E-state index contributed by atoms with van der Waals surface area (Å²) >= 11 is 0. The standard InChI is InChI=1S/C33H37N3O4/c1-6-35(7-2)25-15-12-22(13-16-25)33-32-27(34-26-10-8-9-11-28(26)36(33)21(3)37)18-24(19-29(32)38)23-14-17-30(39-4)31(20-23)40-5/h8-17,20,24,32-33H,6-7,18-19H2,1-5H3. The van der Waals surface area contributed by atoms with Crippen molar-refractivity contribution < 1.29 is 19.1 Å². The van der Waals surface area contributed by atoms with Crippen LogP contribution in [0.5, 0.6) is 11.5 Å². The number of hydrogen-bond acceptors (Lipinski definition) is 6. The Balaban J connectivity index is 1.61. The monoisotopic (exact) mass is 539 g/mol. The molecular formula is C33H37N3O4. The Morgan fingerprint density at radius 3 is 2.25 bits per heavy atom. The van der Waals surface area contributed by atoms with Crippen molar-refractivity contribution in [1.29, 1.82) is 0 Å². The van der Waals surface area contributed by atoms with Crippen LogP contribution in [-0.4, -0.2) is 44.7 Å². The molecule has 0 aromatic heterocycles. The van der Waals surface area contributed by atoms with E-state index >= 15 is 0 Å². The van der Waals surface area contributed by atoms with E-state index < -0.39 is 12.0 Å². The number of aliphatic imine (C=N–C) groups is 1. The first-order valence-corrected chi connectivity index (χ1v) is 14.0. The Morgan fingerprint density at radius 1 is 0.925 bits per heavy atom. The van der Waals surface area contributed by atoms with E-state index in [1.807, 2.05) is 42.5 Å². The zero-order valence-electron chi connectivity index (χ0n) is 23.9. The van der Waals surface area contributed by atoms with Crippen LogP contribution >= 0.6 is 0 Å². The summed E-state index contributed by atoms with van der Waals surface area (Å²) in [5, 5.41) is 0. The maximum Gasteiger partial charge on any atom is 0.224 e. The summed E-state index contributed by atoms with van der Waals surface area (Å²) in [6, 6.07) is 21.3. The molecule has 208 valence electrons. The number of Topliss-reactive ketones (excluding diaryl/α,β-unsaturated/α-hetero) is 1. The van der Waals surface area contributed by atoms with Gasteiger partial charge in [0.25, 0.3) is 0 Å². The highest BCUT2D eigenvalue weighted by molar-refractivity contribution is 6.13. The molecule has 0 N–H and O–H groups in total. The minimum atomic E-state index is -0.535. The first-order valence-electron chi connectivity index (χ1n) is 14.0. The van der Waals surface area contributed by atoms with Crippen molar-refractivity contribution in [3.8, 4) is 11.5 Å². The molecule has 1 aliphatic heterocycles. The molecule has 2 aliphatic rings. The topological polar surface area (TPSA) is 71.4 Å². The second-order valence-corrected chi connectivity index (χ2v) is 10.4. The molecule has 3 unspecified atom stereocenters. The molecule has 5 rings (SSSR count). The van der Waals surface area contributed by atoms with Gasteiger partial charge in [0.05, 0.1) is 37.6 Å². The summed E-state index contributed by atoms with van der Waals surface area (Å²) < 4.78 is 11.0. The van der Waals surface area contributed by atoms with Gasteiger partial charge in [-0.3, -0.25) is 14.6 Å². The average molecular weight is 540 g/mol. The van der Waals surface area contributed by atoms with Crippen molar-refractivity contribution in [1.82, 2.24) is 0 Å². The number of hydrogen-bond donors (Lipinski definition) is 0. The number of carbonyl (C=O) groups excluding carboxylic acids is 2. The lowest BCUT2D eigenvalue weighted by molar-refractivity contribution is -0.123. The summed E-state index contributed by atoms with van der Waals surface area (Å²) in [6.07, 6.45) is 0.968. The molecule has 0 bridgehead atoms. The molecule has 3 aromatic carbocycles. The van der Waals surface area contributed by atoms with Crippen molar-refractivity contribution >= 4 is 34.5 Å². The summed E-state index contributed by atoms with van der Waals surface area (Å²) in [6.45, 7) is 7.65. The van der Waals surface area contributed by atoms with E-state index in [1.54, 1.807) is 26.0 Å². The van der Waals surface area contributed by atoms with E-state index in [0.29, 0.717) is 30.0 Å². The van der Waals surface area contributed by atoms with Gasteiger partial charge < -0.3 is 19.3 Å². The van der Waals surface area contributed by atoms with Crippen molar-refractivity contribution in [2.75, 3.05) is 37.1 Å². The summed E-state index contributed by atoms with van der Waals surface area (Å²) in [5.41, 5.74) is 5.30. The Hall–Kier alpha value is -4.13. The number of benzene rings is 3. The Labute approximate surface area is 236 Å². The van der Waals surface area contributed by atoms with Crippen LogP contribution in [0.1, 0.15) is 56.7 Å². The van der Waals surface area contributed by atoms with E-state index in [4.69, 9.17) is 14.5 Å². The minimum Gasteiger partial charge on any atom is -0.493 e. The average Bonchev–Trinajstić information content (AvgIpc) is 3.12. The number of anilines is 2. The third kappa shape index (κ3) is 4.96. The van der Waals surface area contributed by atoms with Gasteiger partial charge in [-0.15, -0.1) is 0 Å². The van der Waals surface area contributed by atoms with Gasteiger partial charge in [0.2, 0.25) is 5.91 Å². The van der Waals surface area contributed by atoms with E-state index in [9.17, 15) is 9.59 Å². The maximum absolute atomic E-state index is 14.1. The van der Waals surface area contributed by atoms with Gasteiger partial charge in [-0.25, -0.2) is 0 Å². The number of rotatable bonds is 7. The number of fused-ring (bicyclic) bond motifs is 2. The predicted octanol–water partition coefficient (Wildman–Crippen LogP) is 6.49. The largest absolute Gasteiger partial charge is 0.493 e. The van der Waals surface area contributed by atoms with Gasteiger partial charge in [0.1, 0.15) is 5.78 Å². The number of methoxy groups -OCH3 is 2. The molecule has 1 aliphatic carbocycles. The Bertz CT molecular complexity index is 1430. The predicted molar refractivity (Wildman–Crippen MR) is 159 cm³/mol. The highest BCUT2D eigenvalue weighted by Gasteiger charge is 2.45. The first-order chi connectivity index (χ1) is 19.4. The van der Waals surface area contributed by atoms with Crippen LogP contribution in [0.4, 0.5) is 17.1 Å². The molecule has 3 aromatic rings. The lowest BCUT2D eigenvalue weighted by Gasteiger charge is -2.38. The summed E-state index contributed by atoms with van der Waals surface area (Å²) in [4.78, 5) is 36.6. The first kappa shape index (κ1) is 27.4. The third-order valence-corrected chi connectivity index (χ3v) is 8.19. The number of para-hydroxylation sites is 2. The minimum absolute atomic E-state index is 0.0518. The van der Waals surface area contributed by atoms with Crippen LogP contribution in [0.3, 0.4) is 0 Å². The highest BCUT2D eigenvalue weighted by Crippen LogP contribution is 2.48. The number of amides is 1. The smallest absolute Gasteiger partial charge is 0.224 e. The van der Waals surface area contributed by atoms with E-state index in [2.05, 4.69) is 43.0 Å². The SMILES string of the molecule is CCN(CC)c1ccc(C2C3C(=O)CC(c4ccc(OC)c(OC)c4)CC3=Nc3ccccc3N2C(C)=O)cc1. The summed E-state index contributed by atoms with van der Waals surface area (Å²) in [7, 11) is 3.22. The fraction of sp³-hybridized carbons (Fsp3) is 0.364. The molecule has 0 saturated heterocycles. The van der Waals surface area contributed by atoms with Gasteiger partial charge >= 0.3 is 0 Å². The van der Waals surface area contributed by atoms with Crippen LogP contribution < -0.4 is 19.3 Å². The molecular weight excluding hydrogens is 502 g/mol. The molecule has 1 saturated carbocycles. The van der Waals surface area contributed by atoms with Crippen molar-refractivity contribution in [3.05, 3.63) is 77.9 Å². The zero-order valence-corrected chi connectivity index (χ0v) is 23.9. The third-order valence-electron chi connectivity index (χ3n) is 8.19. The molecule has 1 fully saturated rings. The molecule has 1 amide bonds. The van der Waals surface area contributed by atoms with E-state index in [-0.39, 0.29) is 17.6 Å². The second kappa shape index (κ2) is 11.5. The van der Waals surface area contributed by atoms with Crippen LogP contribution in [-0.2, 0) is 9.59 Å². The number of ether oxygens (including phenoxy) is 2. The van der Waals surface area contributed by atoms with E-state index in [0.717, 1.165) is 41.3 Å². The second-order valence-electron chi connectivity index (χ2n) is 10.4. The van der Waals surface area contributed by atoms with Crippen LogP contribution in [0.2, 0.25) is 0 Å². The molecule has 7 nitrogen and oxygen atoms in total. The summed E-state index contributed by atoms with van der Waals surface area (Å²) in [5.74, 6) is 0.670. The van der Waals surface area contributed by atoms with Crippen LogP contribution in [0.15, 0.2) is 71.7 Å². The van der Waals surface area contributed by atoms with Crippen molar-refractivity contribution in [3.63, 3.8) is 0 Å². The number of nitrogens with zero attached hydrogens (tertiary/aromatic N) is 3. The van der Waals surface area contributed by atoms with Crippen LogP contribution in [0.25, 0.3) is 0 Å². The maximum atomic E-state index is 14.1. The Kier molecular flexibility index (Phi) is 7.92. The highest BCUT2D eigenvalue weighted by atomic mass is 16.5.